The number of phenolic OH excluding ortho intramolecular Hbond substituents is 2. The molecule has 120 valence electrons. The van der Waals surface area contributed by atoms with E-state index in [1.54, 1.807) is 18.2 Å². The Morgan fingerprint density at radius 1 is 1.09 bits per heavy atom. The van der Waals surface area contributed by atoms with Gasteiger partial charge in [0.05, 0.1) is 11.7 Å². The van der Waals surface area contributed by atoms with Gasteiger partial charge in [-0.15, -0.1) is 0 Å². The molecule has 0 spiro atoms. The number of carbonyl (C=O) groups is 1. The van der Waals surface area contributed by atoms with E-state index in [1.807, 2.05) is 32.9 Å². The number of rotatable bonds is 5. The molecule has 2 aromatic rings. The van der Waals surface area contributed by atoms with Gasteiger partial charge in [0.2, 0.25) is 0 Å². The predicted molar refractivity (Wildman–Crippen MR) is 90.1 cm³/mol. The number of benzene rings is 2. The number of aryl methyl sites for hydroxylation is 1. The fraction of sp³-hybridized carbons (Fsp3) is 0.211. The Kier molecular flexibility index (Phi) is 5.06. The summed E-state index contributed by atoms with van der Waals surface area (Å²) >= 11 is 0. The molecule has 0 aromatic heterocycles. The Morgan fingerprint density at radius 3 is 2.48 bits per heavy atom. The summed E-state index contributed by atoms with van der Waals surface area (Å²) in [5, 5.41) is 18.8. The summed E-state index contributed by atoms with van der Waals surface area (Å²) in [6.45, 7) is 5.76. The number of hydrogen-bond acceptors (Lipinski definition) is 4. The van der Waals surface area contributed by atoms with Gasteiger partial charge in [-0.1, -0.05) is 18.2 Å². The monoisotopic (exact) mass is 312 g/mol. The molecule has 0 aliphatic heterocycles. The van der Waals surface area contributed by atoms with Crippen LogP contribution in [-0.2, 0) is 0 Å². The predicted octanol–water partition coefficient (Wildman–Crippen LogP) is 4.09. The molecule has 0 saturated heterocycles. The van der Waals surface area contributed by atoms with Crippen molar-refractivity contribution in [3.63, 3.8) is 0 Å². The minimum atomic E-state index is -0.223. The first-order valence-electron chi connectivity index (χ1n) is 7.38. The van der Waals surface area contributed by atoms with Crippen molar-refractivity contribution in [3.8, 4) is 17.2 Å². The molecule has 0 fully saturated rings. The van der Waals surface area contributed by atoms with Crippen molar-refractivity contribution in [2.24, 2.45) is 0 Å². The molecule has 0 bridgehead atoms. The molecule has 0 heterocycles. The number of ketones is 1. The highest BCUT2D eigenvalue weighted by Crippen LogP contribution is 2.26. The van der Waals surface area contributed by atoms with Gasteiger partial charge in [0.15, 0.2) is 17.3 Å². The van der Waals surface area contributed by atoms with Crippen LogP contribution in [0.5, 0.6) is 17.2 Å². The summed E-state index contributed by atoms with van der Waals surface area (Å²) in [6, 6.07) is 9.82. The second-order valence-corrected chi connectivity index (χ2v) is 5.61. The van der Waals surface area contributed by atoms with Gasteiger partial charge in [-0.2, -0.15) is 0 Å². The molecule has 4 nitrogen and oxygen atoms in total. The van der Waals surface area contributed by atoms with Crippen LogP contribution >= 0.6 is 0 Å². The molecule has 0 saturated carbocycles. The number of phenols is 2. The first kappa shape index (κ1) is 16.6. The molecular weight excluding hydrogens is 292 g/mol. The normalized spacial score (nSPS) is 11.1. The van der Waals surface area contributed by atoms with Gasteiger partial charge in [-0.3, -0.25) is 4.79 Å². The number of allylic oxidation sites excluding steroid dienone is 1. The Bertz CT molecular complexity index is 745. The zero-order valence-electron chi connectivity index (χ0n) is 13.4. The lowest BCUT2D eigenvalue weighted by Gasteiger charge is -2.13. The summed E-state index contributed by atoms with van der Waals surface area (Å²) in [7, 11) is 0. The largest absolute Gasteiger partial charge is 0.504 e. The molecule has 0 unspecified atom stereocenters. The van der Waals surface area contributed by atoms with E-state index in [-0.39, 0.29) is 23.4 Å². The lowest BCUT2D eigenvalue weighted by Crippen LogP contribution is -2.09. The van der Waals surface area contributed by atoms with Crippen LogP contribution in [0.1, 0.15) is 35.3 Å². The van der Waals surface area contributed by atoms with Gasteiger partial charge in [0.25, 0.3) is 0 Å². The van der Waals surface area contributed by atoms with Gasteiger partial charge in [0, 0.05) is 0 Å². The van der Waals surface area contributed by atoms with E-state index in [4.69, 9.17) is 4.74 Å². The third kappa shape index (κ3) is 4.36. The van der Waals surface area contributed by atoms with Crippen molar-refractivity contribution < 1.29 is 19.7 Å². The quantitative estimate of drug-likeness (QED) is 0.496. The zero-order chi connectivity index (χ0) is 17.0. The lowest BCUT2D eigenvalue weighted by molar-refractivity contribution is 0.104. The number of ether oxygens (including phenoxy) is 1. The average molecular weight is 312 g/mol. The molecule has 2 rings (SSSR count). The Morgan fingerprint density at radius 2 is 1.83 bits per heavy atom. The summed E-state index contributed by atoms with van der Waals surface area (Å²) in [4.78, 5) is 12.4. The molecule has 2 N–H and O–H groups in total. The highest BCUT2D eigenvalue weighted by Gasteiger charge is 2.11. The summed E-state index contributed by atoms with van der Waals surface area (Å²) < 4.78 is 5.71. The van der Waals surface area contributed by atoms with Crippen molar-refractivity contribution >= 4 is 11.9 Å². The Balaban J connectivity index is 2.26. The van der Waals surface area contributed by atoms with Crippen LogP contribution in [0.15, 0.2) is 42.5 Å². The maximum absolute atomic E-state index is 12.4. The van der Waals surface area contributed by atoms with Crippen molar-refractivity contribution in [3.05, 3.63) is 59.2 Å². The van der Waals surface area contributed by atoms with E-state index in [9.17, 15) is 15.0 Å². The third-order valence-corrected chi connectivity index (χ3v) is 3.19. The van der Waals surface area contributed by atoms with E-state index in [0.29, 0.717) is 16.9 Å². The molecule has 0 radical (unpaired) electrons. The Hall–Kier alpha value is -2.75. The lowest BCUT2D eigenvalue weighted by atomic mass is 10.1. The van der Waals surface area contributed by atoms with Crippen molar-refractivity contribution in [1.29, 1.82) is 0 Å². The highest BCUT2D eigenvalue weighted by atomic mass is 16.5. The maximum atomic E-state index is 12.4. The molecule has 0 atom stereocenters. The number of carbonyl (C=O) groups excluding carboxylic acids is 1. The van der Waals surface area contributed by atoms with E-state index in [1.165, 1.54) is 18.2 Å². The maximum Gasteiger partial charge on any atom is 0.189 e. The fourth-order valence-electron chi connectivity index (χ4n) is 2.09. The van der Waals surface area contributed by atoms with E-state index in [0.717, 1.165) is 5.56 Å². The molecule has 23 heavy (non-hydrogen) atoms. The van der Waals surface area contributed by atoms with Crippen LogP contribution in [0.3, 0.4) is 0 Å². The van der Waals surface area contributed by atoms with Crippen LogP contribution in [-0.4, -0.2) is 22.1 Å². The SMILES string of the molecule is Cc1ccc(C(=O)/C=C/c2ccc(O)c(O)c2)c(OC(C)C)c1. The van der Waals surface area contributed by atoms with Gasteiger partial charge in [-0.25, -0.2) is 0 Å². The second kappa shape index (κ2) is 7.01. The van der Waals surface area contributed by atoms with Crippen LogP contribution in [0.25, 0.3) is 6.08 Å². The van der Waals surface area contributed by atoms with Crippen LogP contribution < -0.4 is 4.74 Å². The van der Waals surface area contributed by atoms with Crippen LogP contribution in [0, 0.1) is 6.92 Å². The summed E-state index contributed by atoms with van der Waals surface area (Å²) in [5.74, 6) is -0.0465. The topological polar surface area (TPSA) is 66.8 Å². The smallest absolute Gasteiger partial charge is 0.189 e. The van der Waals surface area contributed by atoms with Crippen molar-refractivity contribution in [2.75, 3.05) is 0 Å². The van der Waals surface area contributed by atoms with Gasteiger partial charge < -0.3 is 14.9 Å². The van der Waals surface area contributed by atoms with Crippen molar-refractivity contribution in [1.82, 2.24) is 0 Å². The fourth-order valence-corrected chi connectivity index (χ4v) is 2.09. The van der Waals surface area contributed by atoms with Gasteiger partial charge in [-0.05, 0) is 62.2 Å². The number of aromatic hydroxyl groups is 2. The van der Waals surface area contributed by atoms with Crippen molar-refractivity contribution in [2.45, 2.75) is 26.9 Å². The highest BCUT2D eigenvalue weighted by molar-refractivity contribution is 6.08. The first-order valence-corrected chi connectivity index (χ1v) is 7.38. The van der Waals surface area contributed by atoms with Gasteiger partial charge >= 0.3 is 0 Å². The summed E-state index contributed by atoms with van der Waals surface area (Å²) in [6.07, 6.45) is 2.98. The molecule has 0 amide bonds. The second-order valence-electron chi connectivity index (χ2n) is 5.61. The van der Waals surface area contributed by atoms with Crippen LogP contribution in [0.2, 0.25) is 0 Å². The van der Waals surface area contributed by atoms with Crippen LogP contribution in [0.4, 0.5) is 0 Å². The molecular formula is C19H20O4. The zero-order valence-corrected chi connectivity index (χ0v) is 13.4. The minimum absolute atomic E-state index is 0.0265. The van der Waals surface area contributed by atoms with E-state index >= 15 is 0 Å². The van der Waals surface area contributed by atoms with E-state index < -0.39 is 0 Å². The average Bonchev–Trinajstić information content (AvgIpc) is 2.47. The summed E-state index contributed by atoms with van der Waals surface area (Å²) in [5.41, 5.74) is 2.13. The van der Waals surface area contributed by atoms with E-state index in [2.05, 4.69) is 0 Å². The molecule has 4 heteroatoms. The molecule has 0 aliphatic carbocycles. The Labute approximate surface area is 135 Å². The molecule has 0 aliphatic rings. The molecule has 2 aromatic carbocycles. The van der Waals surface area contributed by atoms with Gasteiger partial charge in [0.1, 0.15) is 5.75 Å². The standard InChI is InChI=1S/C19H20O4/c1-12(2)23-19-10-13(3)4-7-15(19)16(20)8-5-14-6-9-17(21)18(22)11-14/h4-12,21-22H,1-3H3/b8-5+. The number of hydrogen-bond donors (Lipinski definition) is 2. The first-order chi connectivity index (χ1) is 10.9. The third-order valence-electron chi connectivity index (χ3n) is 3.19. The minimum Gasteiger partial charge on any atom is -0.504 e.